The van der Waals surface area contributed by atoms with Gasteiger partial charge in [-0.2, -0.15) is 13.2 Å². The lowest BCUT2D eigenvalue weighted by atomic mass is 10.1. The van der Waals surface area contributed by atoms with Crippen LogP contribution in [0.25, 0.3) is 0 Å². The zero-order valence-electron chi connectivity index (χ0n) is 11.3. The van der Waals surface area contributed by atoms with Crippen LogP contribution in [0.5, 0.6) is 0 Å². The number of nitrogens with zero attached hydrogens (tertiary/aromatic N) is 2. The Balaban J connectivity index is 2.10. The van der Waals surface area contributed by atoms with Crippen molar-refractivity contribution in [3.63, 3.8) is 0 Å². The van der Waals surface area contributed by atoms with Gasteiger partial charge in [0, 0.05) is 31.7 Å². The van der Waals surface area contributed by atoms with Gasteiger partial charge in [-0.15, -0.1) is 0 Å². The van der Waals surface area contributed by atoms with E-state index in [9.17, 15) is 18.0 Å². The van der Waals surface area contributed by atoms with E-state index in [-0.39, 0.29) is 11.5 Å². The first kappa shape index (κ1) is 14.8. The van der Waals surface area contributed by atoms with Crippen molar-refractivity contribution in [2.75, 3.05) is 32.7 Å². The molecule has 0 aliphatic carbocycles. The zero-order valence-corrected chi connectivity index (χ0v) is 11.3. The maximum Gasteiger partial charge on any atom is 0.416 e. The molecule has 3 nitrogen and oxygen atoms in total. The summed E-state index contributed by atoms with van der Waals surface area (Å²) in [6.07, 6.45) is -4.42. The number of carbonyl (C=O) groups excluding carboxylic acids is 1. The van der Waals surface area contributed by atoms with Gasteiger partial charge in [-0.3, -0.25) is 4.79 Å². The first-order valence-electron chi connectivity index (χ1n) is 6.60. The van der Waals surface area contributed by atoms with E-state index in [0.717, 1.165) is 31.8 Å². The van der Waals surface area contributed by atoms with Crippen LogP contribution in [0, 0.1) is 0 Å². The Morgan fingerprint density at radius 3 is 2.40 bits per heavy atom. The van der Waals surface area contributed by atoms with Gasteiger partial charge in [0.25, 0.3) is 5.91 Å². The van der Waals surface area contributed by atoms with Crippen molar-refractivity contribution < 1.29 is 18.0 Å². The fourth-order valence-electron chi connectivity index (χ4n) is 2.28. The molecule has 1 aliphatic rings. The van der Waals surface area contributed by atoms with Crippen molar-refractivity contribution in [2.24, 2.45) is 0 Å². The van der Waals surface area contributed by atoms with Crippen molar-refractivity contribution in [1.82, 2.24) is 9.80 Å². The van der Waals surface area contributed by atoms with E-state index < -0.39 is 11.7 Å². The molecule has 0 saturated carbocycles. The first-order chi connectivity index (χ1) is 9.41. The molecule has 1 aromatic carbocycles. The number of piperazine rings is 1. The second-order valence-electron chi connectivity index (χ2n) is 4.81. The van der Waals surface area contributed by atoms with Crippen molar-refractivity contribution in [2.45, 2.75) is 13.1 Å². The van der Waals surface area contributed by atoms with Gasteiger partial charge >= 0.3 is 6.18 Å². The zero-order chi connectivity index (χ0) is 14.8. The molecule has 1 aliphatic heterocycles. The lowest BCUT2D eigenvalue weighted by Crippen LogP contribution is -2.48. The molecule has 0 unspecified atom stereocenters. The third-order valence-corrected chi connectivity index (χ3v) is 3.54. The lowest BCUT2D eigenvalue weighted by Gasteiger charge is -2.34. The molecule has 2 rings (SSSR count). The molecule has 110 valence electrons. The molecule has 1 aromatic rings. The van der Waals surface area contributed by atoms with Crippen molar-refractivity contribution in [3.8, 4) is 0 Å². The molecule has 0 radical (unpaired) electrons. The van der Waals surface area contributed by atoms with Crippen LogP contribution in [0.2, 0.25) is 0 Å². The molecule has 0 spiro atoms. The van der Waals surface area contributed by atoms with Crippen molar-refractivity contribution in [1.29, 1.82) is 0 Å². The van der Waals surface area contributed by atoms with E-state index in [4.69, 9.17) is 0 Å². The minimum atomic E-state index is -4.42. The number of rotatable bonds is 2. The highest BCUT2D eigenvalue weighted by Crippen LogP contribution is 2.29. The van der Waals surface area contributed by atoms with Gasteiger partial charge in [0.15, 0.2) is 0 Å². The lowest BCUT2D eigenvalue weighted by molar-refractivity contribution is -0.137. The molecular formula is C14H17F3N2O. The molecule has 1 fully saturated rings. The number of amides is 1. The molecule has 0 atom stereocenters. The number of hydrogen-bond acceptors (Lipinski definition) is 2. The topological polar surface area (TPSA) is 23.6 Å². The van der Waals surface area contributed by atoms with Crippen molar-refractivity contribution in [3.05, 3.63) is 35.4 Å². The van der Waals surface area contributed by atoms with E-state index in [1.807, 2.05) is 6.92 Å². The Labute approximate surface area is 116 Å². The molecule has 6 heteroatoms. The Bertz CT molecular complexity index is 480. The van der Waals surface area contributed by atoms with E-state index in [0.29, 0.717) is 13.1 Å². The van der Waals surface area contributed by atoms with Crippen molar-refractivity contribution >= 4 is 5.91 Å². The van der Waals surface area contributed by atoms with Crippen LogP contribution in [0.3, 0.4) is 0 Å². The van der Waals surface area contributed by atoms with Crippen LogP contribution in [-0.2, 0) is 6.18 Å². The van der Waals surface area contributed by atoms with E-state index in [2.05, 4.69) is 4.90 Å². The Kier molecular flexibility index (Phi) is 4.32. The summed E-state index contributed by atoms with van der Waals surface area (Å²) >= 11 is 0. The van der Waals surface area contributed by atoms with Gasteiger partial charge in [-0.05, 0) is 24.7 Å². The highest BCUT2D eigenvalue weighted by Gasteiger charge is 2.31. The predicted molar refractivity (Wildman–Crippen MR) is 69.5 cm³/mol. The minimum absolute atomic E-state index is 0.102. The summed E-state index contributed by atoms with van der Waals surface area (Å²) in [5, 5.41) is 0. The summed E-state index contributed by atoms with van der Waals surface area (Å²) in [7, 11) is 0. The predicted octanol–water partition coefficient (Wildman–Crippen LogP) is 2.48. The maximum atomic E-state index is 12.6. The van der Waals surface area contributed by atoms with Crippen LogP contribution in [0.15, 0.2) is 24.3 Å². The standard InChI is InChI=1S/C14H17F3N2O/c1-2-18-6-8-19(9-7-18)13(20)11-4-3-5-12(10-11)14(15,16)17/h3-5,10H,2,6-9H2,1H3. The Morgan fingerprint density at radius 1 is 1.20 bits per heavy atom. The maximum absolute atomic E-state index is 12.6. The fraction of sp³-hybridized carbons (Fsp3) is 0.500. The van der Waals surface area contributed by atoms with Crippen LogP contribution in [-0.4, -0.2) is 48.4 Å². The third kappa shape index (κ3) is 3.30. The van der Waals surface area contributed by atoms with Gasteiger partial charge in [-0.25, -0.2) is 0 Å². The van der Waals surface area contributed by atoms with Crippen LogP contribution < -0.4 is 0 Å². The summed E-state index contributed by atoms with van der Waals surface area (Å²) in [5.41, 5.74) is -0.680. The molecular weight excluding hydrogens is 269 g/mol. The van der Waals surface area contributed by atoms with Gasteiger partial charge in [0.05, 0.1) is 5.56 Å². The smallest absolute Gasteiger partial charge is 0.336 e. The largest absolute Gasteiger partial charge is 0.416 e. The average Bonchev–Trinajstić information content (AvgIpc) is 2.46. The van der Waals surface area contributed by atoms with Crippen LogP contribution in [0.1, 0.15) is 22.8 Å². The number of alkyl halides is 3. The van der Waals surface area contributed by atoms with Crippen LogP contribution >= 0.6 is 0 Å². The summed E-state index contributed by atoms with van der Waals surface area (Å²) < 4.78 is 37.9. The highest BCUT2D eigenvalue weighted by molar-refractivity contribution is 5.94. The molecule has 0 N–H and O–H groups in total. The summed E-state index contributed by atoms with van der Waals surface area (Å²) in [5.74, 6) is -0.327. The monoisotopic (exact) mass is 286 g/mol. The number of carbonyl (C=O) groups is 1. The number of benzene rings is 1. The molecule has 0 aromatic heterocycles. The average molecular weight is 286 g/mol. The highest BCUT2D eigenvalue weighted by atomic mass is 19.4. The van der Waals surface area contributed by atoms with E-state index >= 15 is 0 Å². The molecule has 1 heterocycles. The molecule has 0 bridgehead atoms. The van der Waals surface area contributed by atoms with Gasteiger partial charge in [0.2, 0.25) is 0 Å². The Morgan fingerprint density at radius 2 is 1.85 bits per heavy atom. The second kappa shape index (κ2) is 5.83. The minimum Gasteiger partial charge on any atom is -0.336 e. The van der Waals surface area contributed by atoms with Gasteiger partial charge < -0.3 is 9.80 Å². The third-order valence-electron chi connectivity index (χ3n) is 3.54. The molecule has 1 amide bonds. The Hall–Kier alpha value is -1.56. The van der Waals surface area contributed by atoms with E-state index in [1.54, 1.807) is 4.90 Å². The summed E-state index contributed by atoms with van der Waals surface area (Å²) in [6, 6.07) is 4.61. The number of halogens is 3. The van der Waals surface area contributed by atoms with E-state index in [1.165, 1.54) is 12.1 Å². The second-order valence-corrected chi connectivity index (χ2v) is 4.81. The SMILES string of the molecule is CCN1CCN(C(=O)c2cccc(C(F)(F)F)c2)CC1. The fourth-order valence-corrected chi connectivity index (χ4v) is 2.28. The number of likely N-dealkylation sites (N-methyl/N-ethyl adjacent to an activating group) is 1. The van der Waals surface area contributed by atoms with Gasteiger partial charge in [0.1, 0.15) is 0 Å². The molecule has 20 heavy (non-hydrogen) atoms. The summed E-state index contributed by atoms with van der Waals surface area (Å²) in [6.45, 7) is 5.62. The van der Waals surface area contributed by atoms with Gasteiger partial charge in [-0.1, -0.05) is 13.0 Å². The summed E-state index contributed by atoms with van der Waals surface area (Å²) in [4.78, 5) is 16.0. The normalized spacial score (nSPS) is 17.3. The molecule has 1 saturated heterocycles. The van der Waals surface area contributed by atoms with Crippen LogP contribution in [0.4, 0.5) is 13.2 Å². The quantitative estimate of drug-likeness (QED) is 0.834. The first-order valence-corrected chi connectivity index (χ1v) is 6.60. The number of hydrogen-bond donors (Lipinski definition) is 0.